The molecule has 3 N–H and O–H groups in total. The molecular weight excluding hydrogens is 471 g/mol. The third-order valence-corrected chi connectivity index (χ3v) is 6.15. The van der Waals surface area contributed by atoms with E-state index in [1.807, 2.05) is 19.1 Å². The van der Waals surface area contributed by atoms with E-state index in [1.54, 1.807) is 13.8 Å². The summed E-state index contributed by atoms with van der Waals surface area (Å²) in [6, 6.07) is 6.06. The Kier molecular flexibility index (Phi) is 9.36. The molecule has 1 aliphatic heterocycles. The van der Waals surface area contributed by atoms with E-state index in [9.17, 15) is 18.0 Å². The maximum Gasteiger partial charge on any atom is 0.421 e. The molecule has 1 amide bonds. The Morgan fingerprint density at radius 2 is 1.86 bits per heavy atom. The van der Waals surface area contributed by atoms with Gasteiger partial charge in [-0.05, 0) is 43.7 Å². The van der Waals surface area contributed by atoms with E-state index in [2.05, 4.69) is 48.8 Å². The van der Waals surface area contributed by atoms with E-state index in [-0.39, 0.29) is 30.1 Å². The summed E-state index contributed by atoms with van der Waals surface area (Å²) in [5.74, 6) is -0.443. The third kappa shape index (κ3) is 7.46. The molecule has 0 atom stereocenters. The molecule has 1 fully saturated rings. The average Bonchev–Trinajstić information content (AvgIpc) is 2.83. The molecule has 0 aliphatic carbocycles. The van der Waals surface area contributed by atoms with Crippen molar-refractivity contribution in [2.45, 2.75) is 39.8 Å². The highest BCUT2D eigenvalue weighted by Crippen LogP contribution is 2.34. The number of nitrogens with zero attached hydrogens (tertiary/aromatic N) is 4. The molecule has 8 nitrogen and oxygen atoms in total. The monoisotopic (exact) mass is 507 g/mol. The van der Waals surface area contributed by atoms with Gasteiger partial charge < -0.3 is 25.8 Å². The zero-order valence-electron chi connectivity index (χ0n) is 21.4. The minimum atomic E-state index is -4.59. The summed E-state index contributed by atoms with van der Waals surface area (Å²) in [4.78, 5) is 24.3. The van der Waals surface area contributed by atoms with Crippen LogP contribution in [-0.4, -0.2) is 67.1 Å². The van der Waals surface area contributed by atoms with Crippen LogP contribution in [0.4, 0.5) is 36.3 Å². The van der Waals surface area contributed by atoms with E-state index in [4.69, 9.17) is 0 Å². The lowest BCUT2D eigenvalue weighted by Crippen LogP contribution is -2.44. The standard InChI is InChI=1S/C25H36F3N7O/c1-5-18-15-19(35-13-11-34(4)12-14-35)7-8-21(18)32-24-31-16-20(25(26,27)28)22(33-24)29-9-6-10-30-23(36)17(2)3/h7-8,15-17H,5-6,9-14H2,1-4H3,(H,30,36)(H2,29,31,32,33). The molecule has 198 valence electrons. The van der Waals surface area contributed by atoms with Crippen molar-refractivity contribution in [2.24, 2.45) is 5.92 Å². The Labute approximate surface area is 210 Å². The number of nitrogens with one attached hydrogen (secondary N) is 3. The quantitative estimate of drug-likeness (QED) is 0.417. The molecule has 1 aliphatic rings. The number of halogens is 3. The highest BCUT2D eigenvalue weighted by Gasteiger charge is 2.35. The Morgan fingerprint density at radius 1 is 1.14 bits per heavy atom. The topological polar surface area (TPSA) is 85.4 Å². The Bertz CT molecular complexity index is 1020. The van der Waals surface area contributed by atoms with Gasteiger partial charge >= 0.3 is 6.18 Å². The van der Waals surface area contributed by atoms with Gasteiger partial charge in [-0.2, -0.15) is 18.2 Å². The summed E-state index contributed by atoms with van der Waals surface area (Å²) in [5.41, 5.74) is 1.99. The van der Waals surface area contributed by atoms with Gasteiger partial charge in [0.1, 0.15) is 11.4 Å². The average molecular weight is 508 g/mol. The molecule has 2 aromatic rings. The molecule has 0 bridgehead atoms. The number of hydrogen-bond acceptors (Lipinski definition) is 7. The zero-order valence-corrected chi connectivity index (χ0v) is 21.4. The molecule has 11 heteroatoms. The second-order valence-corrected chi connectivity index (χ2v) is 9.29. The lowest BCUT2D eigenvalue weighted by atomic mass is 10.1. The number of aryl methyl sites for hydroxylation is 1. The SMILES string of the molecule is CCc1cc(N2CCN(C)CC2)ccc1Nc1ncc(C(F)(F)F)c(NCCCNC(=O)C(C)C)n1. The highest BCUT2D eigenvalue weighted by molar-refractivity contribution is 5.77. The van der Waals surface area contributed by atoms with Crippen LogP contribution in [0, 0.1) is 5.92 Å². The normalized spacial score (nSPS) is 14.7. The molecular formula is C25H36F3N7O. The smallest absolute Gasteiger partial charge is 0.369 e. The molecule has 0 radical (unpaired) electrons. The van der Waals surface area contributed by atoms with Crippen molar-refractivity contribution in [3.8, 4) is 0 Å². The van der Waals surface area contributed by atoms with Gasteiger partial charge in [-0.1, -0.05) is 20.8 Å². The van der Waals surface area contributed by atoms with Crippen molar-refractivity contribution in [3.63, 3.8) is 0 Å². The number of aromatic nitrogens is 2. The first kappa shape index (κ1) is 27.5. The number of piperazine rings is 1. The second-order valence-electron chi connectivity index (χ2n) is 9.29. The van der Waals surface area contributed by atoms with E-state index in [1.165, 1.54) is 0 Å². The molecule has 0 saturated carbocycles. The van der Waals surface area contributed by atoms with Crippen molar-refractivity contribution < 1.29 is 18.0 Å². The van der Waals surface area contributed by atoms with Crippen LogP contribution < -0.4 is 20.9 Å². The molecule has 0 unspecified atom stereocenters. The van der Waals surface area contributed by atoms with Gasteiger partial charge in [0.05, 0.1) is 0 Å². The van der Waals surface area contributed by atoms with Crippen LogP contribution in [0.5, 0.6) is 0 Å². The first-order valence-electron chi connectivity index (χ1n) is 12.4. The van der Waals surface area contributed by atoms with Crippen LogP contribution in [0.2, 0.25) is 0 Å². The third-order valence-electron chi connectivity index (χ3n) is 6.15. The van der Waals surface area contributed by atoms with E-state index in [0.717, 1.165) is 55.7 Å². The number of rotatable bonds is 10. The Morgan fingerprint density at radius 3 is 2.50 bits per heavy atom. The summed E-state index contributed by atoms with van der Waals surface area (Å²) in [5, 5.41) is 8.60. The zero-order chi connectivity index (χ0) is 26.3. The number of amides is 1. The number of carbonyl (C=O) groups excluding carboxylic acids is 1. The van der Waals surface area contributed by atoms with Crippen molar-refractivity contribution in [2.75, 3.05) is 61.8 Å². The minimum absolute atomic E-state index is 0.0839. The van der Waals surface area contributed by atoms with Crippen molar-refractivity contribution in [1.82, 2.24) is 20.2 Å². The van der Waals surface area contributed by atoms with E-state index < -0.39 is 11.7 Å². The summed E-state index contributed by atoms with van der Waals surface area (Å²) >= 11 is 0. The Hall–Kier alpha value is -3.08. The predicted octanol–water partition coefficient (Wildman–Crippen LogP) is 4.13. The van der Waals surface area contributed by atoms with Crippen molar-refractivity contribution in [3.05, 3.63) is 35.5 Å². The largest absolute Gasteiger partial charge is 0.421 e. The fourth-order valence-electron chi connectivity index (χ4n) is 3.87. The lowest BCUT2D eigenvalue weighted by Gasteiger charge is -2.34. The molecule has 1 aromatic carbocycles. The van der Waals surface area contributed by atoms with Crippen LogP contribution in [0.1, 0.15) is 38.3 Å². The van der Waals surface area contributed by atoms with Crippen LogP contribution >= 0.6 is 0 Å². The number of hydrogen-bond donors (Lipinski definition) is 3. The summed E-state index contributed by atoms with van der Waals surface area (Å²) in [6.07, 6.45) is -2.60. The maximum absolute atomic E-state index is 13.5. The molecule has 1 saturated heterocycles. The van der Waals surface area contributed by atoms with Crippen LogP contribution in [-0.2, 0) is 17.4 Å². The highest BCUT2D eigenvalue weighted by atomic mass is 19.4. The molecule has 0 spiro atoms. The molecule has 2 heterocycles. The molecule has 36 heavy (non-hydrogen) atoms. The maximum atomic E-state index is 13.5. The number of anilines is 4. The predicted molar refractivity (Wildman–Crippen MR) is 137 cm³/mol. The first-order valence-corrected chi connectivity index (χ1v) is 12.4. The number of likely N-dealkylation sites (N-methyl/N-ethyl adjacent to an activating group) is 1. The van der Waals surface area contributed by atoms with E-state index in [0.29, 0.717) is 13.0 Å². The van der Waals surface area contributed by atoms with Gasteiger partial charge in [0.25, 0.3) is 0 Å². The van der Waals surface area contributed by atoms with Gasteiger partial charge in [0.15, 0.2) is 0 Å². The summed E-state index contributed by atoms with van der Waals surface area (Å²) < 4.78 is 40.6. The first-order chi connectivity index (χ1) is 17.1. The van der Waals surface area contributed by atoms with Gasteiger partial charge in [0, 0.05) is 62.8 Å². The van der Waals surface area contributed by atoms with E-state index >= 15 is 0 Å². The fourth-order valence-corrected chi connectivity index (χ4v) is 3.87. The van der Waals surface area contributed by atoms with Crippen LogP contribution in [0.25, 0.3) is 0 Å². The number of benzene rings is 1. The summed E-state index contributed by atoms with van der Waals surface area (Å²) in [6.45, 7) is 10.1. The van der Waals surface area contributed by atoms with Gasteiger partial charge in [0.2, 0.25) is 11.9 Å². The van der Waals surface area contributed by atoms with Gasteiger partial charge in [-0.15, -0.1) is 0 Å². The minimum Gasteiger partial charge on any atom is -0.369 e. The number of alkyl halides is 3. The van der Waals surface area contributed by atoms with Gasteiger partial charge in [-0.3, -0.25) is 4.79 Å². The molecule has 1 aromatic heterocycles. The van der Waals surface area contributed by atoms with Crippen LogP contribution in [0.15, 0.2) is 24.4 Å². The lowest BCUT2D eigenvalue weighted by molar-refractivity contribution is -0.137. The molecule has 3 rings (SSSR count). The van der Waals surface area contributed by atoms with Crippen molar-refractivity contribution >= 4 is 29.0 Å². The second kappa shape index (κ2) is 12.2. The van der Waals surface area contributed by atoms with Crippen LogP contribution in [0.3, 0.4) is 0 Å². The fraction of sp³-hybridized carbons (Fsp3) is 0.560. The van der Waals surface area contributed by atoms with Gasteiger partial charge in [-0.25, -0.2) is 4.98 Å². The Balaban J connectivity index is 1.71. The van der Waals surface area contributed by atoms with Crippen molar-refractivity contribution in [1.29, 1.82) is 0 Å². The number of carbonyl (C=O) groups is 1. The summed E-state index contributed by atoms with van der Waals surface area (Å²) in [7, 11) is 2.11.